The van der Waals surface area contributed by atoms with Gasteiger partial charge in [0.05, 0.1) is 10.9 Å². The van der Waals surface area contributed by atoms with Gasteiger partial charge in [0.25, 0.3) is 0 Å². The van der Waals surface area contributed by atoms with E-state index in [0.717, 1.165) is 12.1 Å². The summed E-state index contributed by atoms with van der Waals surface area (Å²) >= 11 is 0. The summed E-state index contributed by atoms with van der Waals surface area (Å²) in [5.41, 5.74) is -1.14. The number of aromatic carboxylic acids is 1. The molecule has 0 radical (unpaired) electrons. The lowest BCUT2D eigenvalue weighted by Crippen LogP contribution is -2.18. The molecule has 1 aromatic heterocycles. The summed E-state index contributed by atoms with van der Waals surface area (Å²) in [6.07, 6.45) is 0. The molecule has 2 aromatic rings. The van der Waals surface area contributed by atoms with Gasteiger partial charge in [-0.1, -0.05) is 0 Å². The molecule has 1 heterocycles. The summed E-state index contributed by atoms with van der Waals surface area (Å²) in [5.74, 6) is -2.04. The van der Waals surface area contributed by atoms with Gasteiger partial charge < -0.3 is 5.11 Å². The van der Waals surface area contributed by atoms with Crippen LogP contribution in [0.4, 0.5) is 4.39 Å². The van der Waals surface area contributed by atoms with E-state index < -0.39 is 22.9 Å². The minimum Gasteiger partial charge on any atom is -0.476 e. The number of aromatic amines is 1. The molecule has 0 unspecified atom stereocenters. The maximum atomic E-state index is 12.8. The minimum atomic E-state index is -1.44. The van der Waals surface area contributed by atoms with Crippen molar-refractivity contribution < 1.29 is 14.3 Å². The van der Waals surface area contributed by atoms with E-state index in [1.807, 2.05) is 0 Å². The summed E-state index contributed by atoms with van der Waals surface area (Å²) < 4.78 is 12.8. The third-order valence-electron chi connectivity index (χ3n) is 1.93. The zero-order chi connectivity index (χ0) is 11.0. The van der Waals surface area contributed by atoms with Crippen molar-refractivity contribution in [1.29, 1.82) is 0 Å². The lowest BCUT2D eigenvalue weighted by atomic mass is 10.2. The van der Waals surface area contributed by atoms with Crippen molar-refractivity contribution in [3.63, 3.8) is 0 Å². The van der Waals surface area contributed by atoms with E-state index in [-0.39, 0.29) is 5.39 Å². The number of H-pyrrole nitrogens is 1. The highest BCUT2D eigenvalue weighted by Gasteiger charge is 2.13. The SMILES string of the molecule is O=C(O)c1n[nH]c2ccc(F)cc2c1=O. The average molecular weight is 208 g/mol. The lowest BCUT2D eigenvalue weighted by Gasteiger charge is -1.98. The van der Waals surface area contributed by atoms with Gasteiger partial charge in [-0.2, -0.15) is 5.10 Å². The van der Waals surface area contributed by atoms with Gasteiger partial charge in [0.2, 0.25) is 11.1 Å². The van der Waals surface area contributed by atoms with Crippen molar-refractivity contribution in [3.05, 3.63) is 39.9 Å². The van der Waals surface area contributed by atoms with Crippen LogP contribution < -0.4 is 5.43 Å². The van der Waals surface area contributed by atoms with Crippen molar-refractivity contribution in [2.45, 2.75) is 0 Å². The van der Waals surface area contributed by atoms with Gasteiger partial charge in [0.1, 0.15) is 5.82 Å². The van der Waals surface area contributed by atoms with E-state index >= 15 is 0 Å². The zero-order valence-corrected chi connectivity index (χ0v) is 7.32. The van der Waals surface area contributed by atoms with Gasteiger partial charge in [-0.25, -0.2) is 9.18 Å². The number of carboxylic acid groups (broad SMARTS) is 1. The van der Waals surface area contributed by atoms with Gasteiger partial charge in [-0.05, 0) is 18.2 Å². The molecule has 0 saturated heterocycles. The number of benzene rings is 1. The summed E-state index contributed by atoms with van der Waals surface area (Å²) in [7, 11) is 0. The molecule has 2 N–H and O–H groups in total. The Hall–Kier alpha value is -2.24. The Morgan fingerprint density at radius 2 is 2.20 bits per heavy atom. The molecule has 0 amide bonds. The predicted molar refractivity (Wildman–Crippen MR) is 49.3 cm³/mol. The summed E-state index contributed by atoms with van der Waals surface area (Å²) in [6.45, 7) is 0. The highest BCUT2D eigenvalue weighted by Crippen LogP contribution is 2.08. The molecule has 0 aliphatic rings. The van der Waals surface area contributed by atoms with Crippen LogP contribution >= 0.6 is 0 Å². The van der Waals surface area contributed by atoms with Crippen molar-refractivity contribution >= 4 is 16.9 Å². The van der Waals surface area contributed by atoms with Gasteiger partial charge in [-0.3, -0.25) is 9.89 Å². The first-order chi connectivity index (χ1) is 7.09. The number of fused-ring (bicyclic) bond motifs is 1. The molecule has 0 fully saturated rings. The third kappa shape index (κ3) is 1.45. The average Bonchev–Trinajstić information content (AvgIpc) is 2.19. The number of aromatic nitrogens is 2. The highest BCUT2D eigenvalue weighted by molar-refractivity contribution is 5.90. The fraction of sp³-hybridized carbons (Fsp3) is 0. The van der Waals surface area contributed by atoms with Gasteiger partial charge >= 0.3 is 5.97 Å². The van der Waals surface area contributed by atoms with Crippen molar-refractivity contribution in [2.75, 3.05) is 0 Å². The van der Waals surface area contributed by atoms with Crippen LogP contribution in [0.3, 0.4) is 0 Å². The maximum Gasteiger partial charge on any atom is 0.360 e. The number of rotatable bonds is 1. The topological polar surface area (TPSA) is 83.0 Å². The van der Waals surface area contributed by atoms with Gasteiger partial charge in [-0.15, -0.1) is 0 Å². The quantitative estimate of drug-likeness (QED) is 0.724. The van der Waals surface area contributed by atoms with Crippen molar-refractivity contribution in [2.24, 2.45) is 0 Å². The second-order valence-electron chi connectivity index (χ2n) is 2.90. The number of carbonyl (C=O) groups is 1. The Balaban J connectivity index is 2.89. The molecule has 6 heteroatoms. The number of nitrogens with one attached hydrogen (secondary N) is 1. The Morgan fingerprint density at radius 1 is 1.47 bits per heavy atom. The Morgan fingerprint density at radius 3 is 2.87 bits per heavy atom. The Bertz CT molecular complexity index is 606. The first-order valence-electron chi connectivity index (χ1n) is 4.01. The van der Waals surface area contributed by atoms with E-state index in [0.29, 0.717) is 5.52 Å². The Kier molecular flexibility index (Phi) is 1.96. The van der Waals surface area contributed by atoms with Crippen LogP contribution in [0.2, 0.25) is 0 Å². The van der Waals surface area contributed by atoms with Crippen LogP contribution in [0.5, 0.6) is 0 Å². The van der Waals surface area contributed by atoms with Crippen LogP contribution in [0, 0.1) is 5.82 Å². The van der Waals surface area contributed by atoms with Crippen LogP contribution in [-0.2, 0) is 0 Å². The van der Waals surface area contributed by atoms with E-state index in [2.05, 4.69) is 10.2 Å². The van der Waals surface area contributed by atoms with Crippen molar-refractivity contribution in [3.8, 4) is 0 Å². The van der Waals surface area contributed by atoms with E-state index in [1.54, 1.807) is 0 Å². The molecule has 0 bridgehead atoms. The lowest BCUT2D eigenvalue weighted by molar-refractivity contribution is 0.0688. The summed E-state index contributed by atoms with van der Waals surface area (Å²) in [4.78, 5) is 22.1. The van der Waals surface area contributed by atoms with E-state index in [4.69, 9.17) is 5.11 Å². The predicted octanol–water partition coefficient (Wildman–Crippen LogP) is 0.760. The number of carboxylic acids is 1. The molecule has 15 heavy (non-hydrogen) atoms. The van der Waals surface area contributed by atoms with E-state index in [9.17, 15) is 14.0 Å². The number of halogens is 1. The van der Waals surface area contributed by atoms with Crippen LogP contribution in [-0.4, -0.2) is 21.3 Å². The second-order valence-corrected chi connectivity index (χ2v) is 2.90. The molecule has 2 rings (SSSR count). The van der Waals surface area contributed by atoms with Gasteiger partial charge in [0.15, 0.2) is 0 Å². The third-order valence-corrected chi connectivity index (χ3v) is 1.93. The fourth-order valence-electron chi connectivity index (χ4n) is 1.24. The monoisotopic (exact) mass is 208 g/mol. The Labute approximate surface area is 82.2 Å². The normalized spacial score (nSPS) is 10.5. The molecule has 0 aliphatic carbocycles. The highest BCUT2D eigenvalue weighted by atomic mass is 19.1. The smallest absolute Gasteiger partial charge is 0.360 e. The standard InChI is InChI=1S/C9H5FN2O3/c10-4-1-2-6-5(3-4)8(13)7(9(14)15)12-11-6/h1-3H,(H,11,13)(H,14,15). The molecule has 1 aromatic carbocycles. The fourth-order valence-corrected chi connectivity index (χ4v) is 1.24. The molecular formula is C9H5FN2O3. The number of hydrogen-bond acceptors (Lipinski definition) is 3. The summed E-state index contributed by atoms with van der Waals surface area (Å²) in [6, 6.07) is 3.45. The molecule has 0 aliphatic heterocycles. The molecule has 76 valence electrons. The molecular weight excluding hydrogens is 203 g/mol. The molecule has 0 saturated carbocycles. The number of nitrogens with zero attached hydrogens (tertiary/aromatic N) is 1. The number of hydrogen-bond donors (Lipinski definition) is 2. The zero-order valence-electron chi connectivity index (χ0n) is 7.32. The van der Waals surface area contributed by atoms with Crippen LogP contribution in [0.15, 0.2) is 23.0 Å². The second kappa shape index (κ2) is 3.16. The van der Waals surface area contributed by atoms with Crippen LogP contribution in [0.25, 0.3) is 10.9 Å². The van der Waals surface area contributed by atoms with Crippen LogP contribution in [0.1, 0.15) is 10.5 Å². The first-order valence-corrected chi connectivity index (χ1v) is 4.01. The molecule has 5 nitrogen and oxygen atoms in total. The van der Waals surface area contributed by atoms with Gasteiger partial charge in [0, 0.05) is 0 Å². The molecule has 0 spiro atoms. The largest absolute Gasteiger partial charge is 0.476 e. The maximum absolute atomic E-state index is 12.8. The minimum absolute atomic E-state index is 0.0256. The summed E-state index contributed by atoms with van der Waals surface area (Å²) in [5, 5.41) is 14.3. The molecule has 0 atom stereocenters. The van der Waals surface area contributed by atoms with Crippen molar-refractivity contribution in [1.82, 2.24) is 10.2 Å². The van der Waals surface area contributed by atoms with E-state index in [1.165, 1.54) is 6.07 Å². The first kappa shape index (κ1) is 9.32.